The van der Waals surface area contributed by atoms with Gasteiger partial charge in [0.25, 0.3) is 5.91 Å². The predicted octanol–water partition coefficient (Wildman–Crippen LogP) is 2.13. The highest BCUT2D eigenvalue weighted by molar-refractivity contribution is 5.99. The fourth-order valence-electron chi connectivity index (χ4n) is 3.50. The van der Waals surface area contributed by atoms with Crippen LogP contribution in [-0.4, -0.2) is 68.1 Å². The van der Waals surface area contributed by atoms with Gasteiger partial charge in [-0.3, -0.25) is 14.4 Å². The van der Waals surface area contributed by atoms with Gasteiger partial charge in [0.05, 0.1) is 19.8 Å². The van der Waals surface area contributed by atoms with Gasteiger partial charge < -0.3 is 25.2 Å². The molecule has 170 valence electrons. The van der Waals surface area contributed by atoms with Crippen molar-refractivity contribution in [3.63, 3.8) is 0 Å². The van der Waals surface area contributed by atoms with E-state index in [9.17, 15) is 14.4 Å². The molecule has 8 nitrogen and oxygen atoms in total. The number of hydrogen-bond donors (Lipinski definition) is 2. The van der Waals surface area contributed by atoms with Crippen LogP contribution < -0.4 is 15.5 Å². The van der Waals surface area contributed by atoms with Crippen molar-refractivity contribution < 1.29 is 19.1 Å². The Kier molecular flexibility index (Phi) is 8.21. The van der Waals surface area contributed by atoms with Gasteiger partial charge in [-0.1, -0.05) is 18.2 Å². The molecule has 0 bridgehead atoms. The summed E-state index contributed by atoms with van der Waals surface area (Å²) in [6.07, 6.45) is 0. The maximum atomic E-state index is 12.8. The van der Waals surface area contributed by atoms with E-state index in [1.165, 1.54) is 4.90 Å². The van der Waals surface area contributed by atoms with Gasteiger partial charge in [0.2, 0.25) is 11.8 Å². The van der Waals surface area contributed by atoms with Crippen molar-refractivity contribution in [3.05, 3.63) is 60.2 Å². The van der Waals surface area contributed by atoms with Gasteiger partial charge in [0, 0.05) is 36.6 Å². The largest absolute Gasteiger partial charge is 0.378 e. The second-order valence-electron chi connectivity index (χ2n) is 7.61. The fraction of sp³-hybridized carbons (Fsp3) is 0.375. The van der Waals surface area contributed by atoms with Crippen LogP contribution in [0.25, 0.3) is 0 Å². The number of rotatable bonds is 8. The van der Waals surface area contributed by atoms with Crippen LogP contribution in [0.15, 0.2) is 54.6 Å². The summed E-state index contributed by atoms with van der Waals surface area (Å²) < 4.78 is 5.37. The summed E-state index contributed by atoms with van der Waals surface area (Å²) in [6.45, 7) is 6.80. The minimum absolute atomic E-state index is 0.0912. The van der Waals surface area contributed by atoms with E-state index in [0.29, 0.717) is 31.0 Å². The molecule has 0 radical (unpaired) electrons. The molecule has 2 aromatic rings. The standard InChI is InChI=1S/C24H30N4O4/c1-3-27(24(31)18(2)25-23(30)19-7-5-4-6-8-19)17-22(29)26-20-9-11-21(12-10-20)28-13-15-32-16-14-28/h4-12,18H,3,13-17H2,1-2H3,(H,25,30)(H,26,29). The van der Waals surface area contributed by atoms with E-state index in [1.54, 1.807) is 38.1 Å². The molecule has 1 aliphatic heterocycles. The Morgan fingerprint density at radius 1 is 1.03 bits per heavy atom. The molecular weight excluding hydrogens is 408 g/mol. The van der Waals surface area contributed by atoms with Gasteiger partial charge in [0.15, 0.2) is 0 Å². The Hall–Kier alpha value is -3.39. The number of anilines is 2. The molecule has 1 aliphatic rings. The second-order valence-corrected chi connectivity index (χ2v) is 7.61. The third kappa shape index (κ3) is 6.31. The smallest absolute Gasteiger partial charge is 0.251 e. The zero-order valence-corrected chi connectivity index (χ0v) is 18.5. The third-order valence-electron chi connectivity index (χ3n) is 5.31. The lowest BCUT2D eigenvalue weighted by Crippen LogP contribution is -2.49. The van der Waals surface area contributed by atoms with Crippen molar-refractivity contribution in [1.29, 1.82) is 0 Å². The van der Waals surface area contributed by atoms with E-state index in [1.807, 2.05) is 30.3 Å². The van der Waals surface area contributed by atoms with E-state index < -0.39 is 6.04 Å². The van der Waals surface area contributed by atoms with Crippen molar-refractivity contribution >= 4 is 29.1 Å². The van der Waals surface area contributed by atoms with Crippen LogP contribution in [0.4, 0.5) is 11.4 Å². The molecule has 2 N–H and O–H groups in total. The molecule has 2 aromatic carbocycles. The summed E-state index contributed by atoms with van der Waals surface area (Å²) in [5.74, 6) is -0.928. The SMILES string of the molecule is CCN(CC(=O)Nc1ccc(N2CCOCC2)cc1)C(=O)C(C)NC(=O)c1ccccc1. The summed E-state index contributed by atoms with van der Waals surface area (Å²) >= 11 is 0. The average molecular weight is 439 g/mol. The Balaban J connectivity index is 1.52. The first-order chi connectivity index (χ1) is 15.5. The highest BCUT2D eigenvalue weighted by atomic mass is 16.5. The molecule has 3 amide bonds. The summed E-state index contributed by atoms with van der Waals surface area (Å²) in [5.41, 5.74) is 2.23. The highest BCUT2D eigenvalue weighted by Crippen LogP contribution is 2.19. The first kappa shape index (κ1) is 23.3. The van der Waals surface area contributed by atoms with Gasteiger partial charge in [-0.2, -0.15) is 0 Å². The second kappa shape index (κ2) is 11.3. The highest BCUT2D eigenvalue weighted by Gasteiger charge is 2.23. The molecule has 1 unspecified atom stereocenters. The molecule has 0 spiro atoms. The molecule has 0 aromatic heterocycles. The number of ether oxygens (including phenoxy) is 1. The van der Waals surface area contributed by atoms with Crippen molar-refractivity contribution in [1.82, 2.24) is 10.2 Å². The maximum absolute atomic E-state index is 12.8. The molecule has 1 atom stereocenters. The van der Waals surface area contributed by atoms with E-state index in [2.05, 4.69) is 15.5 Å². The zero-order valence-electron chi connectivity index (χ0n) is 18.5. The minimum Gasteiger partial charge on any atom is -0.378 e. The Bertz CT molecular complexity index is 911. The lowest BCUT2D eigenvalue weighted by molar-refractivity contribution is -0.135. The Morgan fingerprint density at radius 3 is 2.31 bits per heavy atom. The number of hydrogen-bond acceptors (Lipinski definition) is 5. The number of nitrogens with one attached hydrogen (secondary N) is 2. The summed E-state index contributed by atoms with van der Waals surface area (Å²) in [5, 5.41) is 5.53. The Morgan fingerprint density at radius 2 is 1.69 bits per heavy atom. The molecule has 0 aliphatic carbocycles. The van der Waals surface area contributed by atoms with Crippen LogP contribution >= 0.6 is 0 Å². The molecule has 1 saturated heterocycles. The number of benzene rings is 2. The van der Waals surface area contributed by atoms with E-state index >= 15 is 0 Å². The molecule has 32 heavy (non-hydrogen) atoms. The molecule has 1 fully saturated rings. The van der Waals surface area contributed by atoms with E-state index in [0.717, 1.165) is 18.8 Å². The van der Waals surface area contributed by atoms with Crippen LogP contribution in [0.3, 0.4) is 0 Å². The quantitative estimate of drug-likeness (QED) is 0.659. The van der Waals surface area contributed by atoms with Crippen LogP contribution in [-0.2, 0) is 14.3 Å². The molecular formula is C24H30N4O4. The number of morpholine rings is 1. The van der Waals surface area contributed by atoms with Gasteiger partial charge in [-0.25, -0.2) is 0 Å². The minimum atomic E-state index is -0.747. The Labute approximate surface area is 188 Å². The first-order valence-corrected chi connectivity index (χ1v) is 10.8. The van der Waals surface area contributed by atoms with Crippen molar-refractivity contribution in [2.75, 3.05) is 49.6 Å². The molecule has 3 rings (SSSR count). The van der Waals surface area contributed by atoms with Crippen molar-refractivity contribution in [2.24, 2.45) is 0 Å². The van der Waals surface area contributed by atoms with Crippen LogP contribution in [0.2, 0.25) is 0 Å². The van der Waals surface area contributed by atoms with Crippen molar-refractivity contribution in [3.8, 4) is 0 Å². The van der Waals surface area contributed by atoms with Crippen LogP contribution in [0.5, 0.6) is 0 Å². The van der Waals surface area contributed by atoms with Gasteiger partial charge in [-0.05, 0) is 50.2 Å². The van der Waals surface area contributed by atoms with E-state index in [-0.39, 0.29) is 24.3 Å². The maximum Gasteiger partial charge on any atom is 0.251 e. The number of nitrogens with zero attached hydrogens (tertiary/aromatic N) is 2. The zero-order chi connectivity index (χ0) is 22.9. The van der Waals surface area contributed by atoms with E-state index in [4.69, 9.17) is 4.74 Å². The average Bonchev–Trinajstić information content (AvgIpc) is 2.83. The fourth-order valence-corrected chi connectivity index (χ4v) is 3.50. The molecule has 8 heteroatoms. The lowest BCUT2D eigenvalue weighted by Gasteiger charge is -2.29. The molecule has 0 saturated carbocycles. The number of likely N-dealkylation sites (N-methyl/N-ethyl adjacent to an activating group) is 1. The summed E-state index contributed by atoms with van der Waals surface area (Å²) in [7, 11) is 0. The summed E-state index contributed by atoms with van der Waals surface area (Å²) in [4.78, 5) is 41.2. The van der Waals surface area contributed by atoms with Crippen LogP contribution in [0.1, 0.15) is 24.2 Å². The third-order valence-corrected chi connectivity index (χ3v) is 5.31. The number of carbonyl (C=O) groups is 3. The lowest BCUT2D eigenvalue weighted by atomic mass is 10.2. The topological polar surface area (TPSA) is 91.0 Å². The predicted molar refractivity (Wildman–Crippen MR) is 124 cm³/mol. The number of carbonyl (C=O) groups excluding carboxylic acids is 3. The van der Waals surface area contributed by atoms with Gasteiger partial charge in [0.1, 0.15) is 6.04 Å². The van der Waals surface area contributed by atoms with Crippen LogP contribution in [0, 0.1) is 0 Å². The van der Waals surface area contributed by atoms with Gasteiger partial charge >= 0.3 is 0 Å². The number of amides is 3. The van der Waals surface area contributed by atoms with Crippen molar-refractivity contribution in [2.45, 2.75) is 19.9 Å². The van der Waals surface area contributed by atoms with Gasteiger partial charge in [-0.15, -0.1) is 0 Å². The monoisotopic (exact) mass is 438 g/mol. The normalized spacial score (nSPS) is 14.4. The first-order valence-electron chi connectivity index (χ1n) is 10.8. The molecule has 1 heterocycles. The summed E-state index contributed by atoms with van der Waals surface area (Å²) in [6, 6.07) is 15.6.